The molecule has 0 aliphatic rings. The summed E-state index contributed by atoms with van der Waals surface area (Å²) in [6.07, 6.45) is 0.331. The van der Waals surface area contributed by atoms with Crippen molar-refractivity contribution in [1.29, 1.82) is 0 Å². The van der Waals surface area contributed by atoms with E-state index in [9.17, 15) is 9.90 Å². The minimum absolute atomic E-state index is 0.0109. The summed E-state index contributed by atoms with van der Waals surface area (Å²) in [5.74, 6) is 0.118. The van der Waals surface area contributed by atoms with Gasteiger partial charge in [0.15, 0.2) is 5.78 Å². The van der Waals surface area contributed by atoms with Crippen molar-refractivity contribution in [1.82, 2.24) is 0 Å². The number of rotatable bonds is 3. The lowest BCUT2D eigenvalue weighted by Crippen LogP contribution is -2.07. The predicted molar refractivity (Wildman–Crippen MR) is 53.8 cm³/mol. The Bertz CT molecular complexity index is 325. The Hall–Kier alpha value is -0.870. The first-order chi connectivity index (χ1) is 6.15. The summed E-state index contributed by atoms with van der Waals surface area (Å²) in [7, 11) is 0. The number of carbonyl (C=O) groups excluding carboxylic acids is 1. The average molecular weight is 244 g/mol. The number of halogens is 1. The van der Waals surface area contributed by atoms with E-state index >= 15 is 0 Å². The van der Waals surface area contributed by atoms with Crippen LogP contribution >= 0.6 is 15.9 Å². The highest BCUT2D eigenvalue weighted by atomic mass is 79.9. The fourth-order valence-corrected chi connectivity index (χ4v) is 1.33. The number of phenolic OH excluding ortho intramolecular Hbond substituents is 1. The number of aromatic hydroxyl groups is 1. The molecule has 0 aromatic heterocycles. The van der Waals surface area contributed by atoms with E-state index in [-0.39, 0.29) is 11.5 Å². The van der Waals surface area contributed by atoms with Crippen LogP contribution in [0.3, 0.4) is 0 Å². The molecule has 0 saturated carbocycles. The van der Waals surface area contributed by atoms with Crippen molar-refractivity contribution in [2.24, 2.45) is 5.73 Å². The molecule has 4 heteroatoms. The maximum Gasteiger partial charge on any atom is 0.164 e. The summed E-state index contributed by atoms with van der Waals surface area (Å²) in [4.78, 5) is 11.3. The molecule has 13 heavy (non-hydrogen) atoms. The lowest BCUT2D eigenvalue weighted by atomic mass is 10.1. The van der Waals surface area contributed by atoms with E-state index in [4.69, 9.17) is 5.73 Å². The van der Waals surface area contributed by atoms with Crippen molar-refractivity contribution >= 4 is 21.7 Å². The molecular formula is C9H10BrNO2. The Kier molecular flexibility index (Phi) is 3.45. The van der Waals surface area contributed by atoms with E-state index in [1.165, 1.54) is 6.07 Å². The standard InChI is InChI=1S/C9H10BrNO2/c10-7-5-6(1-2-9(7)13)8(12)3-4-11/h1-2,5,13H,3-4,11H2. The van der Waals surface area contributed by atoms with Gasteiger partial charge in [-0.2, -0.15) is 0 Å². The van der Waals surface area contributed by atoms with Crippen LogP contribution in [0, 0.1) is 0 Å². The van der Waals surface area contributed by atoms with Crippen molar-refractivity contribution in [2.45, 2.75) is 6.42 Å². The molecule has 0 unspecified atom stereocenters. The molecule has 0 spiro atoms. The number of benzene rings is 1. The summed E-state index contributed by atoms with van der Waals surface area (Å²) >= 11 is 3.13. The van der Waals surface area contributed by atoms with Gasteiger partial charge in [0.2, 0.25) is 0 Å². The predicted octanol–water partition coefficient (Wildman–Crippen LogP) is 1.69. The molecule has 0 bridgehead atoms. The quantitative estimate of drug-likeness (QED) is 0.795. The highest BCUT2D eigenvalue weighted by Crippen LogP contribution is 2.24. The van der Waals surface area contributed by atoms with Crippen LogP contribution in [0.25, 0.3) is 0 Å². The molecule has 0 atom stereocenters. The van der Waals surface area contributed by atoms with Gasteiger partial charge in [-0.1, -0.05) is 0 Å². The smallest absolute Gasteiger partial charge is 0.164 e. The van der Waals surface area contributed by atoms with Crippen LogP contribution in [-0.4, -0.2) is 17.4 Å². The van der Waals surface area contributed by atoms with Gasteiger partial charge in [-0.25, -0.2) is 0 Å². The van der Waals surface area contributed by atoms with Crippen LogP contribution in [0.15, 0.2) is 22.7 Å². The Morgan fingerprint density at radius 3 is 2.77 bits per heavy atom. The second kappa shape index (κ2) is 4.39. The molecule has 0 heterocycles. The molecular weight excluding hydrogens is 234 g/mol. The maximum atomic E-state index is 11.3. The number of hydrogen-bond donors (Lipinski definition) is 2. The van der Waals surface area contributed by atoms with Crippen molar-refractivity contribution in [2.75, 3.05) is 6.54 Å². The largest absolute Gasteiger partial charge is 0.507 e. The summed E-state index contributed by atoms with van der Waals surface area (Å²) in [6, 6.07) is 4.65. The molecule has 70 valence electrons. The molecule has 0 radical (unpaired) electrons. The number of carbonyl (C=O) groups is 1. The van der Waals surface area contributed by atoms with Crippen LogP contribution in [0.4, 0.5) is 0 Å². The average Bonchev–Trinajstić information content (AvgIpc) is 2.10. The van der Waals surface area contributed by atoms with Crippen molar-refractivity contribution < 1.29 is 9.90 Å². The van der Waals surface area contributed by atoms with Gasteiger partial charge in [0.1, 0.15) is 5.75 Å². The first-order valence-electron chi connectivity index (χ1n) is 3.87. The number of phenols is 1. The molecule has 1 rings (SSSR count). The fraction of sp³-hybridized carbons (Fsp3) is 0.222. The number of nitrogens with two attached hydrogens (primary N) is 1. The van der Waals surface area contributed by atoms with Crippen LogP contribution in [0.5, 0.6) is 5.75 Å². The zero-order chi connectivity index (χ0) is 9.84. The van der Waals surface area contributed by atoms with E-state index in [1.54, 1.807) is 12.1 Å². The molecule has 3 nitrogen and oxygen atoms in total. The van der Waals surface area contributed by atoms with Gasteiger partial charge < -0.3 is 10.8 Å². The number of hydrogen-bond acceptors (Lipinski definition) is 3. The lowest BCUT2D eigenvalue weighted by Gasteiger charge is -2.01. The van der Waals surface area contributed by atoms with E-state index < -0.39 is 0 Å². The van der Waals surface area contributed by atoms with Crippen LogP contribution in [-0.2, 0) is 0 Å². The topological polar surface area (TPSA) is 63.3 Å². The third-order valence-corrected chi connectivity index (χ3v) is 2.28. The normalized spacial score (nSPS) is 10.0. The van der Waals surface area contributed by atoms with E-state index in [2.05, 4.69) is 15.9 Å². The van der Waals surface area contributed by atoms with Gasteiger partial charge >= 0.3 is 0 Å². The number of Topliss-reactive ketones (excluding diaryl/α,β-unsaturated/α-hetero) is 1. The van der Waals surface area contributed by atoms with Crippen molar-refractivity contribution in [3.63, 3.8) is 0 Å². The Morgan fingerprint density at radius 1 is 1.54 bits per heavy atom. The Balaban J connectivity index is 2.90. The molecule has 0 aliphatic heterocycles. The number of ketones is 1. The Morgan fingerprint density at radius 2 is 2.23 bits per heavy atom. The molecule has 0 amide bonds. The van der Waals surface area contributed by atoms with E-state index in [1.807, 2.05) is 0 Å². The minimum Gasteiger partial charge on any atom is -0.507 e. The lowest BCUT2D eigenvalue weighted by molar-refractivity contribution is 0.0985. The van der Waals surface area contributed by atoms with Crippen LogP contribution in [0.1, 0.15) is 16.8 Å². The van der Waals surface area contributed by atoms with Gasteiger partial charge in [-0.15, -0.1) is 0 Å². The van der Waals surface area contributed by atoms with E-state index in [0.717, 1.165) is 0 Å². The zero-order valence-corrected chi connectivity index (χ0v) is 8.54. The zero-order valence-electron chi connectivity index (χ0n) is 6.96. The Labute approximate surface area is 84.7 Å². The third-order valence-electron chi connectivity index (χ3n) is 1.64. The van der Waals surface area contributed by atoms with Crippen molar-refractivity contribution in [3.05, 3.63) is 28.2 Å². The van der Waals surface area contributed by atoms with Crippen LogP contribution in [0.2, 0.25) is 0 Å². The SMILES string of the molecule is NCCC(=O)c1ccc(O)c(Br)c1. The van der Waals surface area contributed by atoms with Gasteiger partial charge in [-0.05, 0) is 40.7 Å². The monoisotopic (exact) mass is 243 g/mol. The van der Waals surface area contributed by atoms with E-state index in [0.29, 0.717) is 23.0 Å². The molecule has 1 aromatic rings. The first kappa shape index (κ1) is 10.2. The van der Waals surface area contributed by atoms with Crippen molar-refractivity contribution in [3.8, 4) is 5.75 Å². The van der Waals surface area contributed by atoms with Crippen LogP contribution < -0.4 is 5.73 Å². The summed E-state index contributed by atoms with van der Waals surface area (Å²) < 4.78 is 0.523. The highest BCUT2D eigenvalue weighted by Gasteiger charge is 2.06. The summed E-state index contributed by atoms with van der Waals surface area (Å²) in [6.45, 7) is 0.345. The molecule has 0 aliphatic carbocycles. The van der Waals surface area contributed by atoms with Gasteiger partial charge in [0.25, 0.3) is 0 Å². The third kappa shape index (κ3) is 2.54. The van der Waals surface area contributed by atoms with Gasteiger partial charge in [0, 0.05) is 12.0 Å². The summed E-state index contributed by atoms with van der Waals surface area (Å²) in [5, 5.41) is 9.17. The molecule has 3 N–H and O–H groups in total. The second-order valence-corrected chi connectivity index (χ2v) is 3.48. The molecule has 0 saturated heterocycles. The highest BCUT2D eigenvalue weighted by molar-refractivity contribution is 9.10. The maximum absolute atomic E-state index is 11.3. The minimum atomic E-state index is -0.0109. The second-order valence-electron chi connectivity index (χ2n) is 2.63. The first-order valence-corrected chi connectivity index (χ1v) is 4.66. The van der Waals surface area contributed by atoms with Gasteiger partial charge in [-0.3, -0.25) is 4.79 Å². The fourth-order valence-electron chi connectivity index (χ4n) is 0.956. The molecule has 1 aromatic carbocycles. The molecule has 0 fully saturated rings. The van der Waals surface area contributed by atoms with Gasteiger partial charge in [0.05, 0.1) is 4.47 Å². The summed E-state index contributed by atoms with van der Waals surface area (Å²) in [5.41, 5.74) is 5.82.